The average Bonchev–Trinajstić information content (AvgIpc) is 2.51. The highest BCUT2D eigenvalue weighted by molar-refractivity contribution is 5.87. The summed E-state index contributed by atoms with van der Waals surface area (Å²) in [7, 11) is 0. The van der Waals surface area contributed by atoms with E-state index < -0.39 is 5.97 Å². The van der Waals surface area contributed by atoms with Crippen LogP contribution in [-0.2, 0) is 9.53 Å². The van der Waals surface area contributed by atoms with Gasteiger partial charge < -0.3 is 14.6 Å². The van der Waals surface area contributed by atoms with Crippen molar-refractivity contribution in [3.63, 3.8) is 0 Å². The lowest BCUT2D eigenvalue weighted by Gasteiger charge is -2.13. The van der Waals surface area contributed by atoms with Crippen LogP contribution in [0.5, 0.6) is 5.75 Å². The molecule has 5 heteroatoms. The molecule has 0 heterocycles. The van der Waals surface area contributed by atoms with Crippen LogP contribution in [0.25, 0.3) is 0 Å². The predicted molar refractivity (Wildman–Crippen MR) is 87.7 cm³/mol. The third kappa shape index (κ3) is 7.49. The second-order valence-corrected chi connectivity index (χ2v) is 5.52. The van der Waals surface area contributed by atoms with Crippen molar-refractivity contribution in [3.05, 3.63) is 42.0 Å². The van der Waals surface area contributed by atoms with Crippen molar-refractivity contribution in [2.75, 3.05) is 6.61 Å². The van der Waals surface area contributed by atoms with Gasteiger partial charge in [-0.05, 0) is 63.8 Å². The molecule has 1 rings (SSSR count). The number of carboxylic acids is 1. The second kappa shape index (κ2) is 9.66. The Hall–Kier alpha value is -2.30. The van der Waals surface area contributed by atoms with Crippen LogP contribution in [0.2, 0.25) is 0 Å². The van der Waals surface area contributed by atoms with Gasteiger partial charge in [0, 0.05) is 5.57 Å². The number of benzene rings is 1. The molecular weight excluding hydrogens is 296 g/mol. The largest absolute Gasteiger partial charge is 0.494 e. The molecule has 0 saturated carbocycles. The fourth-order valence-corrected chi connectivity index (χ4v) is 1.94. The number of rotatable bonds is 10. The van der Waals surface area contributed by atoms with Crippen LogP contribution in [0.15, 0.2) is 36.4 Å². The Labute approximate surface area is 136 Å². The van der Waals surface area contributed by atoms with Gasteiger partial charge in [0.25, 0.3) is 0 Å². The van der Waals surface area contributed by atoms with E-state index in [0.717, 1.165) is 25.7 Å². The molecule has 1 N–H and O–H groups in total. The number of esters is 1. The monoisotopic (exact) mass is 320 g/mol. The third-order valence-corrected chi connectivity index (χ3v) is 3.28. The molecule has 0 fully saturated rings. The Balaban J connectivity index is 2.12. The van der Waals surface area contributed by atoms with Crippen molar-refractivity contribution >= 4 is 11.9 Å². The molecule has 1 unspecified atom stereocenters. The predicted octanol–water partition coefficient (Wildman–Crippen LogP) is 3.83. The first-order valence-corrected chi connectivity index (χ1v) is 7.72. The number of ether oxygens (including phenoxy) is 2. The van der Waals surface area contributed by atoms with Crippen LogP contribution in [0.4, 0.5) is 0 Å². The summed E-state index contributed by atoms with van der Waals surface area (Å²) in [5.74, 6) is -0.623. The van der Waals surface area contributed by atoms with Gasteiger partial charge in [-0.25, -0.2) is 9.59 Å². The van der Waals surface area contributed by atoms with Crippen LogP contribution < -0.4 is 4.74 Å². The van der Waals surface area contributed by atoms with Gasteiger partial charge in [0.1, 0.15) is 5.75 Å². The summed E-state index contributed by atoms with van der Waals surface area (Å²) in [5, 5.41) is 8.80. The summed E-state index contributed by atoms with van der Waals surface area (Å²) in [6.07, 6.45) is 3.52. The molecule has 1 atom stereocenters. The summed E-state index contributed by atoms with van der Waals surface area (Å²) in [4.78, 5) is 22.1. The zero-order valence-electron chi connectivity index (χ0n) is 13.7. The summed E-state index contributed by atoms with van der Waals surface area (Å²) >= 11 is 0. The maximum absolute atomic E-state index is 11.3. The fraction of sp³-hybridized carbons (Fsp3) is 0.444. The molecule has 1 aromatic carbocycles. The zero-order chi connectivity index (χ0) is 17.2. The maximum Gasteiger partial charge on any atom is 0.335 e. The van der Waals surface area contributed by atoms with Gasteiger partial charge in [-0.1, -0.05) is 6.58 Å². The number of carbonyl (C=O) groups excluding carboxylic acids is 1. The minimum Gasteiger partial charge on any atom is -0.494 e. The van der Waals surface area contributed by atoms with Crippen LogP contribution >= 0.6 is 0 Å². The third-order valence-electron chi connectivity index (χ3n) is 3.28. The molecule has 126 valence electrons. The van der Waals surface area contributed by atoms with Gasteiger partial charge in [0.2, 0.25) is 0 Å². The highest BCUT2D eigenvalue weighted by atomic mass is 16.5. The molecule has 0 saturated heterocycles. The standard InChI is InChI=1S/C18H24O5/c1-13(2)18(21)23-14(3)7-5-4-6-12-22-16-10-8-15(9-11-16)17(19)20/h8-11,14H,1,4-7,12H2,2-3H3,(H,19,20). The number of carbonyl (C=O) groups is 2. The van der Waals surface area contributed by atoms with Gasteiger partial charge in [0.05, 0.1) is 18.3 Å². The molecule has 23 heavy (non-hydrogen) atoms. The van der Waals surface area contributed by atoms with E-state index in [9.17, 15) is 9.59 Å². The molecule has 0 aliphatic carbocycles. The lowest BCUT2D eigenvalue weighted by Crippen LogP contribution is -2.15. The van der Waals surface area contributed by atoms with Crippen molar-refractivity contribution < 1.29 is 24.2 Å². The number of hydrogen-bond donors (Lipinski definition) is 1. The minimum atomic E-state index is -0.946. The number of hydrogen-bond acceptors (Lipinski definition) is 4. The number of carboxylic acid groups (broad SMARTS) is 1. The van der Waals surface area contributed by atoms with Crippen LogP contribution in [0.1, 0.15) is 49.9 Å². The summed E-state index contributed by atoms with van der Waals surface area (Å²) in [6, 6.07) is 6.36. The Morgan fingerprint density at radius 2 is 1.83 bits per heavy atom. The summed E-state index contributed by atoms with van der Waals surface area (Å²) in [5.41, 5.74) is 0.662. The summed E-state index contributed by atoms with van der Waals surface area (Å²) < 4.78 is 10.8. The molecule has 0 bridgehead atoms. The molecule has 5 nitrogen and oxygen atoms in total. The van der Waals surface area contributed by atoms with Gasteiger partial charge in [-0.2, -0.15) is 0 Å². The number of aromatic carboxylic acids is 1. The van der Waals surface area contributed by atoms with Gasteiger partial charge >= 0.3 is 11.9 Å². The second-order valence-electron chi connectivity index (χ2n) is 5.52. The molecular formula is C18H24O5. The van der Waals surface area contributed by atoms with E-state index in [-0.39, 0.29) is 17.6 Å². The Morgan fingerprint density at radius 1 is 1.17 bits per heavy atom. The highest BCUT2D eigenvalue weighted by Gasteiger charge is 2.09. The first-order valence-electron chi connectivity index (χ1n) is 7.72. The van der Waals surface area contributed by atoms with E-state index in [2.05, 4.69) is 6.58 Å². The first-order chi connectivity index (χ1) is 10.9. The Bertz CT molecular complexity index is 533. The van der Waals surface area contributed by atoms with Crippen molar-refractivity contribution in [1.82, 2.24) is 0 Å². The van der Waals surface area contributed by atoms with E-state index in [4.69, 9.17) is 14.6 Å². The quantitative estimate of drug-likeness (QED) is 0.403. The molecule has 1 aromatic rings. The van der Waals surface area contributed by atoms with Crippen LogP contribution in [0, 0.1) is 0 Å². The van der Waals surface area contributed by atoms with Crippen molar-refractivity contribution in [2.45, 2.75) is 45.6 Å². The van der Waals surface area contributed by atoms with Crippen molar-refractivity contribution in [1.29, 1.82) is 0 Å². The topological polar surface area (TPSA) is 72.8 Å². The van der Waals surface area contributed by atoms with Crippen LogP contribution in [0.3, 0.4) is 0 Å². The van der Waals surface area contributed by atoms with E-state index in [1.54, 1.807) is 19.1 Å². The zero-order valence-corrected chi connectivity index (χ0v) is 13.7. The van der Waals surface area contributed by atoms with Gasteiger partial charge in [-0.3, -0.25) is 0 Å². The van der Waals surface area contributed by atoms with E-state index in [1.807, 2.05) is 6.92 Å². The fourth-order valence-electron chi connectivity index (χ4n) is 1.94. The van der Waals surface area contributed by atoms with Gasteiger partial charge in [-0.15, -0.1) is 0 Å². The molecule has 0 aliphatic heterocycles. The molecule has 0 radical (unpaired) electrons. The van der Waals surface area contributed by atoms with Crippen molar-refractivity contribution in [2.24, 2.45) is 0 Å². The number of unbranched alkanes of at least 4 members (excludes halogenated alkanes) is 2. The first kappa shape index (κ1) is 18.7. The molecule has 0 spiro atoms. The molecule has 0 aromatic heterocycles. The lowest BCUT2D eigenvalue weighted by atomic mass is 10.1. The lowest BCUT2D eigenvalue weighted by molar-refractivity contribution is -0.143. The Morgan fingerprint density at radius 3 is 2.39 bits per heavy atom. The minimum absolute atomic E-state index is 0.108. The summed E-state index contributed by atoms with van der Waals surface area (Å²) in [6.45, 7) is 7.64. The normalized spacial score (nSPS) is 11.6. The van der Waals surface area contributed by atoms with Gasteiger partial charge in [0.15, 0.2) is 0 Å². The Kier molecular flexibility index (Phi) is 7.88. The van der Waals surface area contributed by atoms with E-state index in [1.165, 1.54) is 12.1 Å². The smallest absolute Gasteiger partial charge is 0.335 e. The SMILES string of the molecule is C=C(C)C(=O)OC(C)CCCCCOc1ccc(C(=O)O)cc1. The highest BCUT2D eigenvalue weighted by Crippen LogP contribution is 2.13. The van der Waals surface area contributed by atoms with Crippen LogP contribution in [-0.4, -0.2) is 29.8 Å². The average molecular weight is 320 g/mol. The van der Waals surface area contributed by atoms with Crippen molar-refractivity contribution in [3.8, 4) is 5.75 Å². The van der Waals surface area contributed by atoms with E-state index in [0.29, 0.717) is 17.9 Å². The van der Waals surface area contributed by atoms with E-state index >= 15 is 0 Å². The molecule has 0 aliphatic rings. The maximum atomic E-state index is 11.3. The molecule has 0 amide bonds.